The highest BCUT2D eigenvalue weighted by Gasteiger charge is 2.76. The number of nitrogens with zero attached hydrogens (tertiary/aromatic N) is 1. The molecule has 130 valence electrons. The standard InChI is InChI=1S/C23H16N2O2/c26-20-21(27)24-23-17-11-5-4-8-15(17)14-22(20,23)18-12-6-7-13-19(18)25(23)16-9-2-1-3-10-16/h1-13H,14H2,(H,24,27)/t22-,23+/m1/s1. The summed E-state index contributed by atoms with van der Waals surface area (Å²) in [5.74, 6) is -0.843. The van der Waals surface area contributed by atoms with Gasteiger partial charge in [-0.05, 0) is 35.7 Å². The van der Waals surface area contributed by atoms with Gasteiger partial charge in [-0.1, -0.05) is 60.7 Å². The van der Waals surface area contributed by atoms with E-state index in [9.17, 15) is 9.59 Å². The van der Waals surface area contributed by atoms with Crippen molar-refractivity contribution in [3.8, 4) is 0 Å². The summed E-state index contributed by atoms with van der Waals surface area (Å²) in [6, 6.07) is 26.0. The van der Waals surface area contributed by atoms with Gasteiger partial charge in [0.1, 0.15) is 5.41 Å². The van der Waals surface area contributed by atoms with Crippen LogP contribution in [-0.4, -0.2) is 11.7 Å². The molecule has 0 bridgehead atoms. The smallest absolute Gasteiger partial charge is 0.290 e. The van der Waals surface area contributed by atoms with Crippen LogP contribution in [0.4, 0.5) is 11.4 Å². The molecule has 1 N–H and O–H groups in total. The van der Waals surface area contributed by atoms with Crippen molar-refractivity contribution in [2.24, 2.45) is 0 Å². The van der Waals surface area contributed by atoms with Crippen molar-refractivity contribution in [3.63, 3.8) is 0 Å². The van der Waals surface area contributed by atoms with Gasteiger partial charge in [-0.3, -0.25) is 9.59 Å². The number of rotatable bonds is 1. The van der Waals surface area contributed by atoms with Crippen molar-refractivity contribution in [3.05, 3.63) is 95.6 Å². The maximum absolute atomic E-state index is 13.4. The Kier molecular flexibility index (Phi) is 2.54. The molecule has 27 heavy (non-hydrogen) atoms. The minimum absolute atomic E-state index is 0.343. The number of benzene rings is 3. The monoisotopic (exact) mass is 352 g/mol. The zero-order valence-electron chi connectivity index (χ0n) is 14.5. The summed E-state index contributed by atoms with van der Waals surface area (Å²) in [7, 11) is 0. The molecule has 2 heterocycles. The number of nitrogens with one attached hydrogen (secondary N) is 1. The second-order valence-electron chi connectivity index (χ2n) is 7.42. The van der Waals surface area contributed by atoms with E-state index in [4.69, 9.17) is 0 Å². The van der Waals surface area contributed by atoms with Gasteiger partial charge in [-0.25, -0.2) is 0 Å². The average Bonchev–Trinajstić information content (AvgIpc) is 3.21. The van der Waals surface area contributed by atoms with E-state index in [0.29, 0.717) is 6.42 Å². The predicted molar refractivity (Wildman–Crippen MR) is 102 cm³/mol. The average molecular weight is 352 g/mol. The lowest BCUT2D eigenvalue weighted by atomic mass is 9.72. The van der Waals surface area contributed by atoms with Crippen LogP contribution in [0.15, 0.2) is 78.9 Å². The van der Waals surface area contributed by atoms with E-state index in [-0.39, 0.29) is 5.78 Å². The number of anilines is 2. The highest BCUT2D eigenvalue weighted by molar-refractivity contribution is 6.44. The topological polar surface area (TPSA) is 49.4 Å². The summed E-state index contributed by atoms with van der Waals surface area (Å²) in [5.41, 5.74) is 3.13. The zero-order valence-corrected chi connectivity index (χ0v) is 14.5. The summed E-state index contributed by atoms with van der Waals surface area (Å²) in [6.07, 6.45) is 0.529. The summed E-state index contributed by atoms with van der Waals surface area (Å²) < 4.78 is 0. The Bertz CT molecular complexity index is 1140. The van der Waals surface area contributed by atoms with Gasteiger partial charge in [0.2, 0.25) is 5.78 Å². The van der Waals surface area contributed by atoms with Crippen LogP contribution >= 0.6 is 0 Å². The Labute approximate surface area is 156 Å². The summed E-state index contributed by atoms with van der Waals surface area (Å²) in [5, 5.41) is 3.12. The van der Waals surface area contributed by atoms with E-state index in [1.807, 2.05) is 72.8 Å². The molecule has 3 aromatic rings. The lowest BCUT2D eigenvalue weighted by molar-refractivity contribution is -0.137. The number of hydrogen-bond donors (Lipinski definition) is 1. The highest BCUT2D eigenvalue weighted by Crippen LogP contribution is 2.65. The lowest BCUT2D eigenvalue weighted by Gasteiger charge is -2.41. The van der Waals surface area contributed by atoms with E-state index < -0.39 is 17.0 Å². The van der Waals surface area contributed by atoms with Crippen LogP contribution in [0.5, 0.6) is 0 Å². The molecule has 0 radical (unpaired) electrons. The molecule has 1 aliphatic carbocycles. The Morgan fingerprint density at radius 1 is 0.778 bits per heavy atom. The van der Waals surface area contributed by atoms with Gasteiger partial charge in [-0.15, -0.1) is 0 Å². The highest BCUT2D eigenvalue weighted by atomic mass is 16.2. The number of fused-ring (bicyclic) bond motifs is 2. The van der Waals surface area contributed by atoms with Gasteiger partial charge in [0.15, 0.2) is 5.66 Å². The number of Topliss-reactive ketones (excluding diaryl/α,β-unsaturated/α-hetero) is 1. The third-order valence-electron chi connectivity index (χ3n) is 6.32. The number of ketones is 1. The zero-order chi connectivity index (χ0) is 18.2. The molecule has 4 heteroatoms. The second kappa shape index (κ2) is 4.65. The normalized spacial score (nSPS) is 27.0. The number of carbonyl (C=O) groups excluding carboxylic acids is 2. The van der Waals surface area contributed by atoms with E-state index in [1.54, 1.807) is 0 Å². The van der Waals surface area contributed by atoms with Crippen molar-refractivity contribution in [2.75, 3.05) is 4.90 Å². The quantitative estimate of drug-likeness (QED) is 0.685. The van der Waals surface area contributed by atoms with Crippen molar-refractivity contribution < 1.29 is 9.59 Å². The van der Waals surface area contributed by atoms with Crippen LogP contribution < -0.4 is 10.2 Å². The molecule has 6 rings (SSSR count). The van der Waals surface area contributed by atoms with Crippen molar-refractivity contribution in [1.82, 2.24) is 5.32 Å². The Hall–Kier alpha value is -3.40. The van der Waals surface area contributed by atoms with E-state index in [1.165, 1.54) is 0 Å². The van der Waals surface area contributed by atoms with Gasteiger partial charge in [0.05, 0.1) is 0 Å². The van der Waals surface area contributed by atoms with E-state index in [2.05, 4.69) is 16.3 Å². The first kappa shape index (κ1) is 14.7. The number of amides is 1. The molecular weight excluding hydrogens is 336 g/mol. The predicted octanol–water partition coefficient (Wildman–Crippen LogP) is 3.18. The van der Waals surface area contributed by atoms with Crippen molar-refractivity contribution in [2.45, 2.75) is 17.5 Å². The van der Waals surface area contributed by atoms with Gasteiger partial charge < -0.3 is 10.2 Å². The molecule has 1 amide bonds. The van der Waals surface area contributed by atoms with Gasteiger partial charge >= 0.3 is 0 Å². The molecule has 4 nitrogen and oxygen atoms in total. The van der Waals surface area contributed by atoms with Crippen molar-refractivity contribution >= 4 is 23.1 Å². The van der Waals surface area contributed by atoms with Gasteiger partial charge in [0, 0.05) is 16.9 Å². The fourth-order valence-corrected chi connectivity index (χ4v) is 5.40. The molecule has 3 aromatic carbocycles. The first-order valence-electron chi connectivity index (χ1n) is 9.10. The molecular formula is C23H16N2O2. The van der Waals surface area contributed by atoms with Gasteiger partial charge in [-0.2, -0.15) is 0 Å². The SMILES string of the molecule is O=C1N[C@]23c4ccccc4C[C@]2(C1=O)c1ccccc1N3c1ccccc1. The molecule has 0 aromatic heterocycles. The van der Waals surface area contributed by atoms with Crippen LogP contribution in [0.25, 0.3) is 0 Å². The maximum Gasteiger partial charge on any atom is 0.290 e. The molecule has 1 fully saturated rings. The lowest BCUT2D eigenvalue weighted by Crippen LogP contribution is -2.56. The largest absolute Gasteiger partial charge is 0.321 e. The molecule has 3 aliphatic rings. The number of hydrogen-bond acceptors (Lipinski definition) is 3. The molecule has 0 unspecified atom stereocenters. The fourth-order valence-electron chi connectivity index (χ4n) is 5.40. The van der Waals surface area contributed by atoms with E-state index >= 15 is 0 Å². The number of para-hydroxylation sites is 2. The molecule has 2 aliphatic heterocycles. The third kappa shape index (κ3) is 1.44. The second-order valence-corrected chi connectivity index (χ2v) is 7.42. The minimum atomic E-state index is -0.930. The van der Waals surface area contributed by atoms with Gasteiger partial charge in [0.25, 0.3) is 5.91 Å². The fraction of sp³-hybridized carbons (Fsp3) is 0.130. The minimum Gasteiger partial charge on any atom is -0.321 e. The first-order valence-corrected chi connectivity index (χ1v) is 9.10. The van der Waals surface area contributed by atoms with Crippen LogP contribution in [0.2, 0.25) is 0 Å². The van der Waals surface area contributed by atoms with Crippen LogP contribution in [0.3, 0.4) is 0 Å². The Balaban J connectivity index is 1.78. The summed E-state index contributed by atoms with van der Waals surface area (Å²) >= 11 is 0. The number of carbonyl (C=O) groups is 2. The summed E-state index contributed by atoms with van der Waals surface area (Å²) in [6.45, 7) is 0. The van der Waals surface area contributed by atoms with Crippen LogP contribution in [0, 0.1) is 0 Å². The molecule has 0 spiro atoms. The molecule has 0 saturated carbocycles. The molecule has 1 saturated heterocycles. The van der Waals surface area contributed by atoms with E-state index in [0.717, 1.165) is 28.1 Å². The van der Waals surface area contributed by atoms with Crippen molar-refractivity contribution in [1.29, 1.82) is 0 Å². The van der Waals surface area contributed by atoms with Crippen LogP contribution in [-0.2, 0) is 27.1 Å². The Morgan fingerprint density at radius 3 is 2.26 bits per heavy atom. The third-order valence-corrected chi connectivity index (χ3v) is 6.32. The molecule has 2 atom stereocenters. The van der Waals surface area contributed by atoms with Crippen LogP contribution in [0.1, 0.15) is 16.7 Å². The summed E-state index contributed by atoms with van der Waals surface area (Å²) in [4.78, 5) is 28.2. The first-order chi connectivity index (χ1) is 13.2. The maximum atomic E-state index is 13.4. The Morgan fingerprint density at radius 2 is 1.44 bits per heavy atom.